The molecule has 5 nitrogen and oxygen atoms in total. The average molecular weight is 401 g/mol. The number of benzene rings is 1. The first-order valence-corrected chi connectivity index (χ1v) is 8.92. The van der Waals surface area contributed by atoms with E-state index in [9.17, 15) is 4.79 Å². The van der Waals surface area contributed by atoms with Gasteiger partial charge < -0.3 is 10.1 Å². The molecule has 132 valence electrons. The third-order valence-electron chi connectivity index (χ3n) is 3.89. The molecule has 1 aromatic carbocycles. The highest BCUT2D eigenvalue weighted by atomic mass is 35.5. The number of ether oxygens (including phenoxy) is 1. The lowest BCUT2D eigenvalue weighted by Gasteiger charge is -2.15. The molecular formula is C17H16Cl3N3O2. The highest BCUT2D eigenvalue weighted by Crippen LogP contribution is 2.25. The monoisotopic (exact) mass is 399 g/mol. The van der Waals surface area contributed by atoms with E-state index in [1.807, 2.05) is 6.07 Å². The highest BCUT2D eigenvalue weighted by molar-refractivity contribution is 6.41. The van der Waals surface area contributed by atoms with Crippen molar-refractivity contribution >= 4 is 40.5 Å². The molecule has 0 amide bonds. The lowest BCUT2D eigenvalue weighted by Crippen LogP contribution is -2.21. The van der Waals surface area contributed by atoms with E-state index in [-0.39, 0.29) is 10.0 Å². The van der Waals surface area contributed by atoms with Gasteiger partial charge >= 0.3 is 0 Å². The Morgan fingerprint density at radius 1 is 1.24 bits per heavy atom. The van der Waals surface area contributed by atoms with Crippen molar-refractivity contribution in [1.29, 1.82) is 0 Å². The second-order valence-electron chi connectivity index (χ2n) is 5.55. The predicted octanol–water partition coefficient (Wildman–Crippen LogP) is 4.34. The zero-order valence-electron chi connectivity index (χ0n) is 13.3. The van der Waals surface area contributed by atoms with E-state index in [2.05, 4.69) is 16.5 Å². The van der Waals surface area contributed by atoms with Crippen LogP contribution in [0.1, 0.15) is 12.8 Å². The molecule has 0 saturated carbocycles. The van der Waals surface area contributed by atoms with E-state index in [4.69, 9.17) is 39.5 Å². The summed E-state index contributed by atoms with van der Waals surface area (Å²) in [5.74, 6) is 0. The molecule has 0 radical (unpaired) electrons. The van der Waals surface area contributed by atoms with E-state index in [1.54, 1.807) is 12.1 Å². The first-order chi connectivity index (χ1) is 12.1. The average Bonchev–Trinajstić information content (AvgIpc) is 2.62. The number of halogens is 3. The Kier molecular flexibility index (Phi) is 6.02. The molecule has 1 aliphatic heterocycles. The Bertz CT molecular complexity index is 865. The van der Waals surface area contributed by atoms with Crippen LogP contribution in [0.15, 0.2) is 40.8 Å². The summed E-state index contributed by atoms with van der Waals surface area (Å²) in [4.78, 5) is 12.1. The smallest absolute Gasteiger partial charge is 0.291 e. The molecule has 0 bridgehead atoms. The molecule has 0 saturated heterocycles. The van der Waals surface area contributed by atoms with Gasteiger partial charge in [0.25, 0.3) is 5.56 Å². The zero-order chi connectivity index (χ0) is 17.8. The standard InChI is InChI=1S/C17H16Cl3N3O2/c18-13-9-12(23-17(24)16(20)14(19)10-22-23)1-2-15(13)21-6-3-11-4-7-25-8-5-11/h1-2,4,9-10,21H,3,5-8H2. The first kappa shape index (κ1) is 18.3. The first-order valence-electron chi connectivity index (χ1n) is 7.79. The van der Waals surface area contributed by atoms with Gasteiger partial charge in [-0.2, -0.15) is 9.78 Å². The number of aromatic nitrogens is 2. The zero-order valence-corrected chi connectivity index (χ0v) is 15.5. The van der Waals surface area contributed by atoms with Crippen LogP contribution in [-0.4, -0.2) is 29.5 Å². The third-order valence-corrected chi connectivity index (χ3v) is 4.95. The maximum atomic E-state index is 12.1. The van der Waals surface area contributed by atoms with E-state index in [1.165, 1.54) is 11.8 Å². The summed E-state index contributed by atoms with van der Waals surface area (Å²) in [6.45, 7) is 2.25. The Hall–Kier alpha value is -1.53. The van der Waals surface area contributed by atoms with Gasteiger partial charge in [0.05, 0.1) is 40.8 Å². The van der Waals surface area contributed by atoms with Crippen molar-refractivity contribution in [2.24, 2.45) is 0 Å². The van der Waals surface area contributed by atoms with Crippen LogP contribution in [0.25, 0.3) is 5.69 Å². The Labute approximate surface area is 160 Å². The van der Waals surface area contributed by atoms with E-state index < -0.39 is 5.56 Å². The molecule has 1 aromatic heterocycles. The largest absolute Gasteiger partial charge is 0.384 e. The maximum Gasteiger partial charge on any atom is 0.291 e. The number of nitrogens with zero attached hydrogens (tertiary/aromatic N) is 2. The SMILES string of the molecule is O=c1c(Cl)c(Cl)cnn1-c1ccc(NCCC2=CCOCC2)c(Cl)c1. The van der Waals surface area contributed by atoms with Gasteiger partial charge in [-0.15, -0.1) is 0 Å². The highest BCUT2D eigenvalue weighted by Gasteiger charge is 2.11. The molecule has 2 aromatic rings. The van der Waals surface area contributed by atoms with Gasteiger partial charge in [0.1, 0.15) is 5.02 Å². The topological polar surface area (TPSA) is 56.2 Å². The van der Waals surface area contributed by atoms with Gasteiger partial charge in [0.2, 0.25) is 0 Å². The summed E-state index contributed by atoms with van der Waals surface area (Å²) in [5.41, 5.74) is 2.22. The van der Waals surface area contributed by atoms with Gasteiger partial charge in [0, 0.05) is 6.54 Å². The van der Waals surface area contributed by atoms with Crippen molar-refractivity contribution in [3.05, 3.63) is 61.5 Å². The molecular weight excluding hydrogens is 385 g/mol. The molecule has 0 aliphatic carbocycles. The normalized spacial score (nSPS) is 14.3. The minimum Gasteiger partial charge on any atom is -0.384 e. The molecule has 3 rings (SSSR count). The molecule has 25 heavy (non-hydrogen) atoms. The number of nitrogens with one attached hydrogen (secondary N) is 1. The second kappa shape index (κ2) is 8.23. The summed E-state index contributed by atoms with van der Waals surface area (Å²) in [7, 11) is 0. The van der Waals surface area contributed by atoms with Crippen LogP contribution >= 0.6 is 34.8 Å². The number of anilines is 1. The Morgan fingerprint density at radius 3 is 2.80 bits per heavy atom. The summed E-state index contributed by atoms with van der Waals surface area (Å²) in [6, 6.07) is 5.23. The van der Waals surface area contributed by atoms with Crippen molar-refractivity contribution in [3.63, 3.8) is 0 Å². The number of hydrogen-bond donors (Lipinski definition) is 1. The van der Waals surface area contributed by atoms with Gasteiger partial charge in [-0.25, -0.2) is 0 Å². The Balaban J connectivity index is 1.72. The molecule has 0 fully saturated rings. The van der Waals surface area contributed by atoms with Gasteiger partial charge in [-0.3, -0.25) is 4.79 Å². The maximum absolute atomic E-state index is 12.1. The summed E-state index contributed by atoms with van der Waals surface area (Å²) in [6.07, 6.45) is 5.36. The van der Waals surface area contributed by atoms with Crippen LogP contribution < -0.4 is 10.9 Å². The van der Waals surface area contributed by atoms with Crippen LogP contribution in [0.3, 0.4) is 0 Å². The fraction of sp³-hybridized carbons (Fsp3) is 0.294. The minimum absolute atomic E-state index is 0.0697. The summed E-state index contributed by atoms with van der Waals surface area (Å²) >= 11 is 18.0. The molecule has 0 atom stereocenters. The molecule has 2 heterocycles. The van der Waals surface area contributed by atoms with Crippen molar-refractivity contribution in [2.75, 3.05) is 25.1 Å². The van der Waals surface area contributed by atoms with Gasteiger partial charge in [-0.05, 0) is 31.0 Å². The quantitative estimate of drug-likeness (QED) is 0.759. The second-order valence-corrected chi connectivity index (χ2v) is 6.74. The third kappa shape index (κ3) is 4.36. The predicted molar refractivity (Wildman–Crippen MR) is 101 cm³/mol. The summed E-state index contributed by atoms with van der Waals surface area (Å²) < 4.78 is 6.46. The lowest BCUT2D eigenvalue weighted by molar-refractivity contribution is 0.153. The number of hydrogen-bond acceptors (Lipinski definition) is 4. The fourth-order valence-electron chi connectivity index (χ4n) is 2.53. The van der Waals surface area contributed by atoms with Crippen molar-refractivity contribution in [3.8, 4) is 5.69 Å². The molecule has 8 heteroatoms. The minimum atomic E-state index is -0.489. The van der Waals surface area contributed by atoms with Crippen LogP contribution in [0.4, 0.5) is 5.69 Å². The van der Waals surface area contributed by atoms with Crippen LogP contribution in [0.5, 0.6) is 0 Å². The number of rotatable bonds is 5. The molecule has 0 spiro atoms. The van der Waals surface area contributed by atoms with Crippen LogP contribution in [0, 0.1) is 0 Å². The summed E-state index contributed by atoms with van der Waals surface area (Å²) in [5, 5.41) is 7.85. The van der Waals surface area contributed by atoms with Crippen molar-refractivity contribution in [2.45, 2.75) is 12.8 Å². The van der Waals surface area contributed by atoms with Gasteiger partial charge in [-0.1, -0.05) is 46.5 Å². The van der Waals surface area contributed by atoms with Crippen molar-refractivity contribution < 1.29 is 4.74 Å². The lowest BCUT2D eigenvalue weighted by atomic mass is 10.1. The molecule has 0 unspecified atom stereocenters. The molecule has 1 N–H and O–H groups in total. The van der Waals surface area contributed by atoms with Crippen LogP contribution in [-0.2, 0) is 4.74 Å². The fourth-order valence-corrected chi connectivity index (χ4v) is 3.02. The van der Waals surface area contributed by atoms with Crippen LogP contribution in [0.2, 0.25) is 15.1 Å². The van der Waals surface area contributed by atoms with Gasteiger partial charge in [0.15, 0.2) is 0 Å². The van der Waals surface area contributed by atoms with E-state index >= 15 is 0 Å². The van der Waals surface area contributed by atoms with E-state index in [0.717, 1.165) is 36.4 Å². The molecule has 1 aliphatic rings. The van der Waals surface area contributed by atoms with E-state index in [0.29, 0.717) is 17.3 Å². The van der Waals surface area contributed by atoms with Crippen molar-refractivity contribution in [1.82, 2.24) is 9.78 Å². The Morgan fingerprint density at radius 2 is 2.08 bits per heavy atom.